The number of anilines is 1. The zero-order valence-corrected chi connectivity index (χ0v) is 16.6. The summed E-state index contributed by atoms with van der Waals surface area (Å²) in [7, 11) is 0. The Morgan fingerprint density at radius 2 is 1.96 bits per heavy atom. The van der Waals surface area contributed by atoms with Crippen molar-refractivity contribution in [3.63, 3.8) is 0 Å². The zero-order valence-electron chi connectivity index (χ0n) is 15.8. The fourth-order valence-electron chi connectivity index (χ4n) is 3.06. The molecule has 3 aromatic rings. The summed E-state index contributed by atoms with van der Waals surface area (Å²) in [5.74, 6) is 1.23. The summed E-state index contributed by atoms with van der Waals surface area (Å²) in [5, 5.41) is 12.2. The number of fused-ring (bicyclic) bond motifs is 1. The van der Waals surface area contributed by atoms with Crippen LogP contribution in [0, 0.1) is 5.92 Å². The second kappa shape index (κ2) is 6.88. The van der Waals surface area contributed by atoms with Gasteiger partial charge in [0, 0.05) is 31.0 Å². The van der Waals surface area contributed by atoms with E-state index in [9.17, 15) is 4.79 Å². The molecule has 3 heterocycles. The zero-order chi connectivity index (χ0) is 19.0. The van der Waals surface area contributed by atoms with Gasteiger partial charge in [-0.05, 0) is 24.3 Å². The van der Waals surface area contributed by atoms with Crippen LogP contribution in [0.4, 0.5) is 5.82 Å². The van der Waals surface area contributed by atoms with Crippen LogP contribution in [0.3, 0.4) is 0 Å². The molecule has 2 aromatic heterocycles. The first-order valence-corrected chi connectivity index (χ1v) is 9.95. The molecule has 0 unspecified atom stereocenters. The molecule has 0 aliphatic carbocycles. The Hall–Kier alpha value is -2.54. The summed E-state index contributed by atoms with van der Waals surface area (Å²) in [5.41, 5.74) is 1.87. The molecule has 1 amide bonds. The van der Waals surface area contributed by atoms with Gasteiger partial charge in [-0.15, -0.1) is 16.4 Å². The molecule has 1 saturated heterocycles. The van der Waals surface area contributed by atoms with Crippen molar-refractivity contribution in [2.24, 2.45) is 5.92 Å². The van der Waals surface area contributed by atoms with Crippen molar-refractivity contribution in [3.8, 4) is 0 Å². The van der Waals surface area contributed by atoms with E-state index in [0.29, 0.717) is 17.5 Å². The lowest BCUT2D eigenvalue weighted by Crippen LogP contribution is -2.52. The van der Waals surface area contributed by atoms with Gasteiger partial charge < -0.3 is 10.2 Å². The van der Waals surface area contributed by atoms with Crippen molar-refractivity contribution in [1.82, 2.24) is 20.5 Å². The highest BCUT2D eigenvalue weighted by Crippen LogP contribution is 2.25. The van der Waals surface area contributed by atoms with E-state index < -0.39 is 0 Å². The van der Waals surface area contributed by atoms with Crippen molar-refractivity contribution >= 4 is 33.3 Å². The first kappa shape index (κ1) is 17.9. The van der Waals surface area contributed by atoms with Gasteiger partial charge in [0.15, 0.2) is 10.8 Å². The van der Waals surface area contributed by atoms with Crippen LogP contribution < -0.4 is 10.2 Å². The second-order valence-electron chi connectivity index (χ2n) is 7.99. The fraction of sp³-hybridized carbons (Fsp3) is 0.400. The van der Waals surface area contributed by atoms with E-state index in [-0.39, 0.29) is 11.3 Å². The quantitative estimate of drug-likeness (QED) is 0.751. The van der Waals surface area contributed by atoms with Gasteiger partial charge in [-0.2, -0.15) is 5.10 Å². The molecule has 1 fully saturated rings. The number of thiazole rings is 1. The van der Waals surface area contributed by atoms with Gasteiger partial charge >= 0.3 is 0 Å². The number of para-hydroxylation sites is 1. The van der Waals surface area contributed by atoms with Crippen molar-refractivity contribution < 1.29 is 4.79 Å². The van der Waals surface area contributed by atoms with E-state index in [1.807, 2.05) is 36.4 Å². The third kappa shape index (κ3) is 3.78. The fourth-order valence-corrected chi connectivity index (χ4v) is 3.94. The van der Waals surface area contributed by atoms with Crippen molar-refractivity contribution in [2.75, 3.05) is 24.5 Å². The lowest BCUT2D eigenvalue weighted by molar-refractivity contribution is 0.0944. The first-order valence-electron chi connectivity index (χ1n) is 9.13. The number of aromatic nitrogens is 3. The van der Waals surface area contributed by atoms with Gasteiger partial charge in [0.2, 0.25) is 0 Å². The molecule has 140 valence electrons. The monoisotopic (exact) mass is 381 g/mol. The maximum Gasteiger partial charge on any atom is 0.280 e. The van der Waals surface area contributed by atoms with E-state index in [2.05, 4.69) is 46.2 Å². The molecule has 1 aliphatic rings. The number of amides is 1. The SMILES string of the molecule is CC(C)(C)c1ccc(N2CC(CNC(=O)c3nc4ccccc4s3)C2)nn1. The van der Waals surface area contributed by atoms with Crippen LogP contribution in [0.5, 0.6) is 0 Å². The van der Waals surface area contributed by atoms with Crippen LogP contribution >= 0.6 is 11.3 Å². The molecular weight excluding hydrogens is 358 g/mol. The molecule has 1 aliphatic heterocycles. The van der Waals surface area contributed by atoms with E-state index in [0.717, 1.165) is 34.8 Å². The Morgan fingerprint density at radius 3 is 2.63 bits per heavy atom. The normalized spacial score (nSPS) is 15.0. The van der Waals surface area contributed by atoms with E-state index in [4.69, 9.17) is 0 Å². The van der Waals surface area contributed by atoms with E-state index in [1.54, 1.807) is 0 Å². The number of nitrogens with zero attached hydrogens (tertiary/aromatic N) is 4. The Bertz CT molecular complexity index is 921. The maximum absolute atomic E-state index is 12.3. The molecule has 7 heteroatoms. The minimum Gasteiger partial charge on any atom is -0.354 e. The average molecular weight is 382 g/mol. The Kier molecular flexibility index (Phi) is 4.55. The van der Waals surface area contributed by atoms with Gasteiger partial charge in [-0.1, -0.05) is 32.9 Å². The first-order chi connectivity index (χ1) is 12.9. The summed E-state index contributed by atoms with van der Waals surface area (Å²) < 4.78 is 1.04. The molecule has 6 nitrogen and oxygen atoms in total. The van der Waals surface area contributed by atoms with Crippen molar-refractivity contribution in [1.29, 1.82) is 0 Å². The van der Waals surface area contributed by atoms with Crippen molar-refractivity contribution in [3.05, 3.63) is 47.1 Å². The molecule has 0 atom stereocenters. The molecule has 27 heavy (non-hydrogen) atoms. The van der Waals surface area contributed by atoms with Gasteiger partial charge in [-0.25, -0.2) is 4.98 Å². The van der Waals surface area contributed by atoms with E-state index >= 15 is 0 Å². The summed E-state index contributed by atoms with van der Waals surface area (Å²) in [4.78, 5) is 18.9. The predicted molar refractivity (Wildman–Crippen MR) is 108 cm³/mol. The Morgan fingerprint density at radius 1 is 1.19 bits per heavy atom. The standard InChI is InChI=1S/C20H23N5OS/c1-20(2,3)16-8-9-17(24-23-16)25-11-13(12-25)10-21-18(26)19-22-14-6-4-5-7-15(14)27-19/h4-9,13H,10-12H2,1-3H3,(H,21,26). The van der Waals surface area contributed by atoms with Crippen LogP contribution in [0.2, 0.25) is 0 Å². The average Bonchev–Trinajstić information content (AvgIpc) is 3.04. The summed E-state index contributed by atoms with van der Waals surface area (Å²) >= 11 is 1.43. The van der Waals surface area contributed by atoms with Crippen LogP contribution in [0.15, 0.2) is 36.4 Å². The second-order valence-corrected chi connectivity index (χ2v) is 9.03. The molecule has 0 radical (unpaired) electrons. The van der Waals surface area contributed by atoms with Crippen molar-refractivity contribution in [2.45, 2.75) is 26.2 Å². The Labute approximate surface area is 162 Å². The predicted octanol–water partition coefficient (Wildman–Crippen LogP) is 3.25. The van der Waals surface area contributed by atoms with Crippen LogP contribution in [-0.2, 0) is 5.41 Å². The summed E-state index contributed by atoms with van der Waals surface area (Å²) in [6.45, 7) is 8.80. The van der Waals surface area contributed by atoms with Gasteiger partial charge in [0.05, 0.1) is 15.9 Å². The third-order valence-corrected chi connectivity index (χ3v) is 5.77. The van der Waals surface area contributed by atoms with Crippen LogP contribution in [-0.4, -0.2) is 40.7 Å². The number of benzene rings is 1. The topological polar surface area (TPSA) is 71.0 Å². The smallest absolute Gasteiger partial charge is 0.280 e. The minimum atomic E-state index is -0.0935. The number of hydrogen-bond donors (Lipinski definition) is 1. The molecule has 1 N–H and O–H groups in total. The maximum atomic E-state index is 12.3. The molecule has 4 rings (SSSR count). The molecule has 1 aromatic carbocycles. The third-order valence-electron chi connectivity index (χ3n) is 4.74. The van der Waals surface area contributed by atoms with Gasteiger partial charge in [0.25, 0.3) is 5.91 Å². The number of carbonyl (C=O) groups is 1. The number of hydrogen-bond acceptors (Lipinski definition) is 6. The highest BCUT2D eigenvalue weighted by atomic mass is 32.1. The van der Waals surface area contributed by atoms with Gasteiger partial charge in [0.1, 0.15) is 0 Å². The highest BCUT2D eigenvalue weighted by molar-refractivity contribution is 7.20. The molecule has 0 spiro atoms. The molecule has 0 bridgehead atoms. The van der Waals surface area contributed by atoms with Gasteiger partial charge in [-0.3, -0.25) is 4.79 Å². The Balaban J connectivity index is 1.28. The van der Waals surface area contributed by atoms with Crippen LogP contribution in [0.25, 0.3) is 10.2 Å². The number of carbonyl (C=O) groups excluding carboxylic acids is 1. The molecular formula is C20H23N5OS. The molecule has 0 saturated carbocycles. The lowest BCUT2D eigenvalue weighted by Gasteiger charge is -2.40. The number of rotatable bonds is 4. The highest BCUT2D eigenvalue weighted by Gasteiger charge is 2.29. The minimum absolute atomic E-state index is 0.00786. The largest absolute Gasteiger partial charge is 0.354 e. The number of nitrogens with one attached hydrogen (secondary N) is 1. The van der Waals surface area contributed by atoms with E-state index in [1.165, 1.54) is 11.3 Å². The summed E-state index contributed by atoms with van der Waals surface area (Å²) in [6, 6.07) is 11.9. The summed E-state index contributed by atoms with van der Waals surface area (Å²) in [6.07, 6.45) is 0. The van der Waals surface area contributed by atoms with Crippen LogP contribution in [0.1, 0.15) is 36.3 Å². The lowest BCUT2D eigenvalue weighted by atomic mass is 9.92.